The van der Waals surface area contributed by atoms with E-state index in [4.69, 9.17) is 4.74 Å². The molecule has 124 valence electrons. The van der Waals surface area contributed by atoms with Crippen molar-refractivity contribution >= 4 is 0 Å². The quantitative estimate of drug-likeness (QED) is 0.641. The molecule has 2 heteroatoms. The van der Waals surface area contributed by atoms with Crippen LogP contribution in [0.1, 0.15) is 66.4 Å². The maximum Gasteiger partial charge on any atom is 0.119 e. The third-order valence-electron chi connectivity index (χ3n) is 3.87. The summed E-state index contributed by atoms with van der Waals surface area (Å²) < 4.78 is 5.87. The molecule has 0 bridgehead atoms. The molecule has 1 atom stereocenters. The first-order valence-electron chi connectivity index (χ1n) is 8.30. The minimum atomic E-state index is -0.0822. The first-order chi connectivity index (χ1) is 10.2. The summed E-state index contributed by atoms with van der Waals surface area (Å²) in [6.07, 6.45) is 5.71. The van der Waals surface area contributed by atoms with Crippen molar-refractivity contribution in [3.8, 4) is 11.5 Å². The number of hydrogen-bond acceptors (Lipinski definition) is 2. The molecular weight excluding hydrogens is 272 g/mol. The summed E-state index contributed by atoms with van der Waals surface area (Å²) in [5, 5.41) is 9.97. The Labute approximate surface area is 136 Å². The van der Waals surface area contributed by atoms with Gasteiger partial charge in [0, 0.05) is 5.56 Å². The van der Waals surface area contributed by atoms with Crippen LogP contribution in [0.25, 0.3) is 0 Å². The largest absolute Gasteiger partial charge is 0.508 e. The Hall–Kier alpha value is -1.44. The van der Waals surface area contributed by atoms with Gasteiger partial charge in [0.25, 0.3) is 0 Å². The predicted octanol–water partition coefficient (Wildman–Crippen LogP) is 5.84. The van der Waals surface area contributed by atoms with Crippen LogP contribution in [0.5, 0.6) is 11.5 Å². The summed E-state index contributed by atoms with van der Waals surface area (Å²) >= 11 is 0. The lowest BCUT2D eigenvalue weighted by molar-refractivity contribution is 0.278. The molecule has 1 N–H and O–H groups in total. The van der Waals surface area contributed by atoms with Crippen molar-refractivity contribution in [2.24, 2.45) is 5.92 Å². The molecule has 22 heavy (non-hydrogen) atoms. The highest BCUT2D eigenvalue weighted by Crippen LogP contribution is 2.33. The van der Waals surface area contributed by atoms with Crippen molar-refractivity contribution in [2.75, 3.05) is 6.61 Å². The average Bonchev–Trinajstić information content (AvgIpc) is 2.39. The maximum absolute atomic E-state index is 9.97. The van der Waals surface area contributed by atoms with Crippen LogP contribution in [-0.4, -0.2) is 11.7 Å². The molecule has 0 saturated carbocycles. The zero-order valence-corrected chi connectivity index (χ0v) is 15.1. The van der Waals surface area contributed by atoms with E-state index < -0.39 is 0 Å². The molecule has 0 radical (unpaired) electrons. The van der Waals surface area contributed by atoms with Crippen LogP contribution >= 0.6 is 0 Å². The highest BCUT2D eigenvalue weighted by molar-refractivity contribution is 5.43. The van der Waals surface area contributed by atoms with Gasteiger partial charge in [-0.25, -0.2) is 0 Å². The van der Waals surface area contributed by atoms with Gasteiger partial charge in [-0.3, -0.25) is 0 Å². The van der Waals surface area contributed by atoms with E-state index in [2.05, 4.69) is 47.6 Å². The van der Waals surface area contributed by atoms with Crippen LogP contribution in [0, 0.1) is 5.92 Å². The number of phenols is 1. The molecule has 1 aromatic carbocycles. The molecule has 0 aliphatic heterocycles. The van der Waals surface area contributed by atoms with Crippen molar-refractivity contribution in [3.05, 3.63) is 35.4 Å². The lowest BCUT2D eigenvalue weighted by Gasteiger charge is -2.21. The third kappa shape index (κ3) is 6.55. The zero-order valence-electron chi connectivity index (χ0n) is 15.1. The first-order valence-corrected chi connectivity index (χ1v) is 8.30. The molecule has 0 aromatic heterocycles. The second-order valence-electron chi connectivity index (χ2n) is 7.53. The SMILES string of the molecule is CC(C)=CCC[C@H](C)CCOc1ccc(O)c(C(C)(C)C)c1. The molecule has 0 heterocycles. The van der Waals surface area contributed by atoms with Gasteiger partial charge >= 0.3 is 0 Å². The Bertz CT molecular complexity index is 491. The molecule has 0 saturated heterocycles. The van der Waals surface area contributed by atoms with E-state index in [0.717, 1.165) is 30.8 Å². The molecule has 0 aliphatic carbocycles. The number of ether oxygens (including phenoxy) is 1. The smallest absolute Gasteiger partial charge is 0.119 e. The summed E-state index contributed by atoms with van der Waals surface area (Å²) in [6, 6.07) is 5.54. The molecule has 2 nitrogen and oxygen atoms in total. The topological polar surface area (TPSA) is 29.5 Å². The minimum absolute atomic E-state index is 0.0822. The fraction of sp³-hybridized carbons (Fsp3) is 0.600. The van der Waals surface area contributed by atoms with Gasteiger partial charge in [0.15, 0.2) is 0 Å². The maximum atomic E-state index is 9.97. The standard InChI is InChI=1S/C20H32O2/c1-15(2)8-7-9-16(3)12-13-22-17-10-11-19(21)18(14-17)20(4,5)6/h8,10-11,14,16,21H,7,9,12-13H2,1-6H3/t16-/m0/s1. The Morgan fingerprint density at radius 3 is 2.50 bits per heavy atom. The van der Waals surface area contributed by atoms with Gasteiger partial charge in [0.2, 0.25) is 0 Å². The van der Waals surface area contributed by atoms with E-state index in [1.54, 1.807) is 6.07 Å². The van der Waals surface area contributed by atoms with Gasteiger partial charge in [-0.2, -0.15) is 0 Å². The molecule has 0 unspecified atom stereocenters. The molecule has 0 aliphatic rings. The summed E-state index contributed by atoms with van der Waals surface area (Å²) in [7, 11) is 0. The van der Waals surface area contributed by atoms with Crippen molar-refractivity contribution < 1.29 is 9.84 Å². The molecule has 1 rings (SSSR count). The minimum Gasteiger partial charge on any atom is -0.508 e. The van der Waals surface area contributed by atoms with Gasteiger partial charge in [-0.05, 0) is 62.6 Å². The number of benzene rings is 1. The van der Waals surface area contributed by atoms with Crippen molar-refractivity contribution in [3.63, 3.8) is 0 Å². The van der Waals surface area contributed by atoms with E-state index in [-0.39, 0.29) is 5.41 Å². The Balaban J connectivity index is 2.47. The van der Waals surface area contributed by atoms with Gasteiger partial charge in [0.1, 0.15) is 11.5 Å². The van der Waals surface area contributed by atoms with Gasteiger partial charge in [0.05, 0.1) is 6.61 Å². The fourth-order valence-electron chi connectivity index (χ4n) is 2.38. The van der Waals surface area contributed by atoms with E-state index in [0.29, 0.717) is 11.7 Å². The molecule has 0 spiro atoms. The average molecular weight is 304 g/mol. The van der Waals surface area contributed by atoms with Crippen molar-refractivity contribution in [1.82, 2.24) is 0 Å². The number of rotatable bonds is 7. The van der Waals surface area contributed by atoms with Crippen molar-refractivity contribution in [1.29, 1.82) is 0 Å². The van der Waals surface area contributed by atoms with Crippen LogP contribution in [0.3, 0.4) is 0 Å². The van der Waals surface area contributed by atoms with E-state index in [1.165, 1.54) is 12.0 Å². The van der Waals surface area contributed by atoms with Crippen LogP contribution in [0.2, 0.25) is 0 Å². The summed E-state index contributed by atoms with van der Waals surface area (Å²) in [5.41, 5.74) is 2.24. The lowest BCUT2D eigenvalue weighted by atomic mass is 9.86. The number of aromatic hydroxyl groups is 1. The normalized spacial score (nSPS) is 12.8. The van der Waals surface area contributed by atoms with Gasteiger partial charge < -0.3 is 9.84 Å². The zero-order chi connectivity index (χ0) is 16.8. The van der Waals surface area contributed by atoms with Gasteiger partial charge in [-0.1, -0.05) is 39.3 Å². The molecular formula is C20H32O2. The van der Waals surface area contributed by atoms with Crippen LogP contribution in [0.15, 0.2) is 29.8 Å². The Kier molecular flexibility index (Phi) is 6.99. The Morgan fingerprint density at radius 2 is 1.91 bits per heavy atom. The second kappa shape index (κ2) is 8.26. The fourth-order valence-corrected chi connectivity index (χ4v) is 2.38. The highest BCUT2D eigenvalue weighted by atomic mass is 16.5. The highest BCUT2D eigenvalue weighted by Gasteiger charge is 2.18. The lowest BCUT2D eigenvalue weighted by Crippen LogP contribution is -2.12. The summed E-state index contributed by atoms with van der Waals surface area (Å²) in [5.74, 6) is 1.85. The summed E-state index contributed by atoms with van der Waals surface area (Å²) in [4.78, 5) is 0. The molecule has 0 fully saturated rings. The van der Waals surface area contributed by atoms with Crippen LogP contribution in [0.4, 0.5) is 0 Å². The second-order valence-corrected chi connectivity index (χ2v) is 7.53. The summed E-state index contributed by atoms with van der Waals surface area (Å²) in [6.45, 7) is 13.6. The molecule has 1 aromatic rings. The Morgan fingerprint density at radius 1 is 1.23 bits per heavy atom. The van der Waals surface area contributed by atoms with E-state index in [9.17, 15) is 5.11 Å². The van der Waals surface area contributed by atoms with Crippen LogP contribution in [-0.2, 0) is 5.41 Å². The van der Waals surface area contributed by atoms with Crippen molar-refractivity contribution in [2.45, 2.75) is 66.2 Å². The van der Waals surface area contributed by atoms with Crippen LogP contribution < -0.4 is 4.74 Å². The number of hydrogen-bond donors (Lipinski definition) is 1. The molecule has 0 amide bonds. The van der Waals surface area contributed by atoms with E-state index in [1.807, 2.05) is 12.1 Å². The third-order valence-corrected chi connectivity index (χ3v) is 3.87. The van der Waals surface area contributed by atoms with Gasteiger partial charge in [-0.15, -0.1) is 0 Å². The number of allylic oxidation sites excluding steroid dienone is 2. The predicted molar refractivity (Wildman–Crippen MR) is 94.7 cm³/mol. The first kappa shape index (κ1) is 18.6. The monoisotopic (exact) mass is 304 g/mol. The number of phenolic OH excluding ortho intramolecular Hbond substituents is 1. The van der Waals surface area contributed by atoms with E-state index >= 15 is 0 Å².